The summed E-state index contributed by atoms with van der Waals surface area (Å²) in [5.41, 5.74) is 20.4. The molecule has 4 aromatic rings. The Morgan fingerprint density at radius 2 is 1.29 bits per heavy atom. The van der Waals surface area contributed by atoms with Crippen molar-refractivity contribution in [1.29, 1.82) is 0 Å². The number of aryl methyl sites for hydroxylation is 4. The molecule has 2 aliphatic heterocycles. The average molecular weight is 696 g/mol. The van der Waals surface area contributed by atoms with Crippen molar-refractivity contribution in [2.45, 2.75) is 107 Å². The molecule has 1 aromatic carbocycles. The zero-order valence-electron chi connectivity index (χ0n) is 30.3. The Hall–Kier alpha value is -4.02. The SMILES string of the molecule is CCCCC1=C(C)c2cc3[n-]c(c(C)c3CC)c(-c3ccc(C=O)cc3)c3nc(cc4[n-]c(cc1n2)c(CCCC)c4C)C(CC)=C3C.[Ni+2]. The van der Waals surface area contributed by atoms with Crippen LogP contribution in [0.3, 0.4) is 0 Å². The topological polar surface area (TPSA) is 71.1 Å². The molecule has 49 heavy (non-hydrogen) atoms. The number of rotatable bonds is 10. The summed E-state index contributed by atoms with van der Waals surface area (Å²) in [7, 11) is 0. The summed E-state index contributed by atoms with van der Waals surface area (Å²) >= 11 is 0. The van der Waals surface area contributed by atoms with Crippen LogP contribution in [0.5, 0.6) is 0 Å². The third kappa shape index (κ3) is 6.65. The molecule has 0 aliphatic carbocycles. The van der Waals surface area contributed by atoms with Gasteiger partial charge in [-0.2, -0.15) is 0 Å². The van der Waals surface area contributed by atoms with Gasteiger partial charge in [0.2, 0.25) is 0 Å². The molecule has 0 atom stereocenters. The number of hydrogen-bond acceptors (Lipinski definition) is 3. The van der Waals surface area contributed by atoms with E-state index in [0.717, 1.165) is 125 Å². The van der Waals surface area contributed by atoms with Crippen molar-refractivity contribution < 1.29 is 21.3 Å². The van der Waals surface area contributed by atoms with E-state index < -0.39 is 0 Å². The van der Waals surface area contributed by atoms with Crippen molar-refractivity contribution >= 4 is 50.6 Å². The summed E-state index contributed by atoms with van der Waals surface area (Å²) in [6.07, 6.45) is 9.08. The Balaban J connectivity index is 0.00000468. The number of aldehydes is 1. The van der Waals surface area contributed by atoms with Crippen LogP contribution in [0, 0.1) is 13.8 Å². The molecule has 8 bridgehead atoms. The predicted molar refractivity (Wildman–Crippen MR) is 202 cm³/mol. The van der Waals surface area contributed by atoms with Crippen LogP contribution in [0.15, 0.2) is 42.5 Å². The Bertz CT molecular complexity index is 2130. The Morgan fingerprint density at radius 1 is 0.653 bits per heavy atom. The van der Waals surface area contributed by atoms with Gasteiger partial charge < -0.3 is 9.97 Å². The van der Waals surface area contributed by atoms with Crippen molar-refractivity contribution in [3.05, 3.63) is 93.1 Å². The van der Waals surface area contributed by atoms with Crippen molar-refractivity contribution in [1.82, 2.24) is 19.9 Å². The summed E-state index contributed by atoms with van der Waals surface area (Å²) < 4.78 is 0. The number of allylic oxidation sites excluding steroid dienone is 4. The first-order chi connectivity index (χ1) is 23.2. The first kappa shape index (κ1) is 36.3. The molecule has 5 heterocycles. The van der Waals surface area contributed by atoms with Crippen LogP contribution in [0.4, 0.5) is 0 Å². The van der Waals surface area contributed by atoms with Gasteiger partial charge in [-0.25, -0.2) is 9.97 Å². The molecule has 5 nitrogen and oxygen atoms in total. The maximum atomic E-state index is 11.6. The smallest absolute Gasteiger partial charge is 0.657 e. The van der Waals surface area contributed by atoms with Crippen LogP contribution in [0.1, 0.15) is 135 Å². The summed E-state index contributed by atoms with van der Waals surface area (Å²) in [6.45, 7) is 17.7. The fourth-order valence-electron chi connectivity index (χ4n) is 7.45. The largest absolute Gasteiger partial charge is 2.00 e. The van der Waals surface area contributed by atoms with Crippen LogP contribution in [-0.2, 0) is 29.3 Å². The number of aromatic nitrogens is 4. The number of nitrogens with zero attached hydrogens (tertiary/aromatic N) is 4. The van der Waals surface area contributed by atoms with Crippen LogP contribution >= 0.6 is 0 Å². The van der Waals surface area contributed by atoms with E-state index in [9.17, 15) is 4.79 Å². The number of carbonyl (C=O) groups excluding carboxylic acids is 1. The average Bonchev–Trinajstić information content (AvgIpc) is 3.76. The normalized spacial score (nSPS) is 12.9. The van der Waals surface area contributed by atoms with Gasteiger partial charge in [-0.3, -0.25) is 4.79 Å². The number of fused-ring (bicyclic) bond motifs is 8. The number of carbonyl (C=O) groups is 1. The molecule has 0 saturated carbocycles. The Kier molecular flexibility index (Phi) is 11.3. The van der Waals surface area contributed by atoms with E-state index in [0.29, 0.717) is 5.56 Å². The van der Waals surface area contributed by atoms with Gasteiger partial charge in [0.05, 0.1) is 22.8 Å². The van der Waals surface area contributed by atoms with Crippen molar-refractivity contribution in [3.8, 4) is 11.1 Å². The molecule has 0 amide bonds. The predicted octanol–water partition coefficient (Wildman–Crippen LogP) is 11.0. The number of benzene rings is 1. The quantitative estimate of drug-likeness (QED) is 0.122. The van der Waals surface area contributed by atoms with Crippen molar-refractivity contribution in [2.75, 3.05) is 0 Å². The molecule has 6 heteroatoms. The van der Waals surface area contributed by atoms with Crippen LogP contribution in [0.2, 0.25) is 0 Å². The summed E-state index contributed by atoms with van der Waals surface area (Å²) in [6, 6.07) is 14.5. The van der Waals surface area contributed by atoms with Gasteiger partial charge in [0.15, 0.2) is 0 Å². The molecular weight excluding hydrogens is 647 g/mol. The minimum Gasteiger partial charge on any atom is -0.657 e. The third-order valence-electron chi connectivity index (χ3n) is 10.4. The maximum absolute atomic E-state index is 11.6. The molecule has 0 fully saturated rings. The zero-order chi connectivity index (χ0) is 34.1. The molecule has 0 N–H and O–H groups in total. The third-order valence-corrected chi connectivity index (χ3v) is 10.4. The van der Waals surface area contributed by atoms with E-state index in [-0.39, 0.29) is 16.5 Å². The molecule has 2 aliphatic rings. The minimum absolute atomic E-state index is 0. The zero-order valence-corrected chi connectivity index (χ0v) is 31.3. The van der Waals surface area contributed by atoms with Crippen LogP contribution in [0.25, 0.3) is 55.5 Å². The van der Waals surface area contributed by atoms with E-state index in [4.69, 9.17) is 19.9 Å². The molecule has 256 valence electrons. The van der Waals surface area contributed by atoms with E-state index in [1.54, 1.807) is 0 Å². The summed E-state index contributed by atoms with van der Waals surface area (Å²) in [4.78, 5) is 33.0. The summed E-state index contributed by atoms with van der Waals surface area (Å²) in [5.74, 6) is 0. The van der Waals surface area contributed by atoms with Crippen molar-refractivity contribution in [2.24, 2.45) is 0 Å². The Labute approximate surface area is 301 Å². The van der Waals surface area contributed by atoms with Gasteiger partial charge in [0, 0.05) is 5.56 Å². The maximum Gasteiger partial charge on any atom is 2.00 e. The van der Waals surface area contributed by atoms with E-state index >= 15 is 0 Å². The molecule has 0 spiro atoms. The standard InChI is InChI=1S/C43H49N4O.Ni/c1-9-13-15-33-25(5)35-21-37-31(11-3)27(7)42(46-37)41(30-19-17-29(24-48)18-20-30)43-28(8)32(12-4)38(47-43)22-36-26(6)34(16-14-10-2)40(45-36)23-39(33)44-35;/h17-24H,9-16H2,1-8H3,(H-,44,45,46,47,48);/q-1;+2/p-1. The second-order valence-electron chi connectivity index (χ2n) is 13.3. The van der Waals surface area contributed by atoms with Gasteiger partial charge in [-0.05, 0) is 99.6 Å². The van der Waals surface area contributed by atoms with Crippen LogP contribution in [-0.4, -0.2) is 16.3 Å². The van der Waals surface area contributed by atoms with Gasteiger partial charge in [-0.1, -0.05) is 105 Å². The second-order valence-corrected chi connectivity index (χ2v) is 13.3. The van der Waals surface area contributed by atoms with Crippen LogP contribution < -0.4 is 9.97 Å². The van der Waals surface area contributed by atoms with Gasteiger partial charge >= 0.3 is 16.5 Å². The number of hydrogen-bond donors (Lipinski definition) is 0. The fourth-order valence-corrected chi connectivity index (χ4v) is 7.45. The first-order valence-electron chi connectivity index (χ1n) is 17.9. The Morgan fingerprint density at radius 3 is 1.94 bits per heavy atom. The van der Waals surface area contributed by atoms with Gasteiger partial charge in [-0.15, -0.1) is 22.1 Å². The van der Waals surface area contributed by atoms with Gasteiger partial charge in [0.1, 0.15) is 6.29 Å². The molecule has 6 rings (SSSR count). The van der Waals surface area contributed by atoms with Crippen molar-refractivity contribution in [3.63, 3.8) is 0 Å². The monoisotopic (exact) mass is 694 g/mol. The molecule has 3 aromatic heterocycles. The molecule has 0 unspecified atom stereocenters. The van der Waals surface area contributed by atoms with Gasteiger partial charge in [0.25, 0.3) is 0 Å². The first-order valence-corrected chi connectivity index (χ1v) is 17.9. The van der Waals surface area contributed by atoms with E-state index in [1.807, 2.05) is 24.3 Å². The molecule has 0 radical (unpaired) electrons. The molecular formula is C43H48N4NiO. The second kappa shape index (κ2) is 15.3. The van der Waals surface area contributed by atoms with E-state index in [2.05, 4.69) is 73.6 Å². The minimum atomic E-state index is 0. The molecule has 0 saturated heterocycles. The van der Waals surface area contributed by atoms with E-state index in [1.165, 1.54) is 33.4 Å². The summed E-state index contributed by atoms with van der Waals surface area (Å²) in [5, 5.41) is 0. The fraction of sp³-hybridized carbons (Fsp3) is 0.372. The number of unbranched alkanes of at least 4 members (excludes halogenated alkanes) is 2.